The van der Waals surface area contributed by atoms with Crippen LogP contribution in [0.4, 0.5) is 0 Å². The minimum Gasteiger partial charge on any atom is -0.454 e. The van der Waals surface area contributed by atoms with Crippen LogP contribution in [0.2, 0.25) is 0 Å². The lowest BCUT2D eigenvalue weighted by Crippen LogP contribution is -2.37. The lowest BCUT2D eigenvalue weighted by Gasteiger charge is -2.26. The second-order valence-electron chi connectivity index (χ2n) is 5.64. The van der Waals surface area contributed by atoms with Gasteiger partial charge in [-0.25, -0.2) is 0 Å². The molecule has 1 aromatic rings. The van der Waals surface area contributed by atoms with Crippen LogP contribution in [-0.4, -0.2) is 43.8 Å². The summed E-state index contributed by atoms with van der Waals surface area (Å²) in [6.07, 6.45) is 7.24. The summed E-state index contributed by atoms with van der Waals surface area (Å²) < 4.78 is 10.6. The molecule has 1 N–H and O–H groups in total. The Bertz CT molecular complexity index is 551. The lowest BCUT2D eigenvalue weighted by atomic mass is 10.1. The number of benzene rings is 1. The maximum absolute atomic E-state index is 11.8. The molecule has 0 aliphatic carbocycles. The lowest BCUT2D eigenvalue weighted by molar-refractivity contribution is -0.116. The molecule has 1 fully saturated rings. The molecule has 3 rings (SSSR count). The van der Waals surface area contributed by atoms with E-state index < -0.39 is 0 Å². The van der Waals surface area contributed by atoms with Gasteiger partial charge in [0.25, 0.3) is 0 Å². The Kier molecular flexibility index (Phi) is 4.96. The number of hydrogen-bond donors (Lipinski definition) is 1. The Morgan fingerprint density at radius 3 is 2.86 bits per heavy atom. The molecule has 2 aliphatic heterocycles. The molecule has 0 aromatic heterocycles. The highest BCUT2D eigenvalue weighted by Crippen LogP contribution is 2.32. The molecule has 2 heterocycles. The van der Waals surface area contributed by atoms with Gasteiger partial charge in [0.15, 0.2) is 11.5 Å². The second kappa shape index (κ2) is 7.31. The van der Waals surface area contributed by atoms with Gasteiger partial charge in [0.2, 0.25) is 12.7 Å². The zero-order valence-electron chi connectivity index (χ0n) is 12.7. The molecule has 2 aliphatic rings. The molecule has 1 saturated heterocycles. The van der Waals surface area contributed by atoms with Gasteiger partial charge >= 0.3 is 0 Å². The largest absolute Gasteiger partial charge is 0.454 e. The van der Waals surface area contributed by atoms with E-state index in [-0.39, 0.29) is 12.7 Å². The van der Waals surface area contributed by atoms with Crippen LogP contribution in [-0.2, 0) is 4.79 Å². The molecule has 1 aromatic carbocycles. The van der Waals surface area contributed by atoms with Gasteiger partial charge in [-0.1, -0.05) is 12.5 Å². The van der Waals surface area contributed by atoms with Crippen molar-refractivity contribution in [3.8, 4) is 11.5 Å². The maximum atomic E-state index is 11.8. The third kappa shape index (κ3) is 4.01. The number of nitrogens with zero attached hydrogens (tertiary/aromatic N) is 1. The highest BCUT2D eigenvalue weighted by Gasteiger charge is 2.12. The van der Waals surface area contributed by atoms with Crippen LogP contribution < -0.4 is 14.8 Å². The molecule has 0 bridgehead atoms. The average Bonchev–Trinajstić information content (AvgIpc) is 3.01. The molecule has 5 nitrogen and oxygen atoms in total. The van der Waals surface area contributed by atoms with Gasteiger partial charge in [-0.2, -0.15) is 0 Å². The van der Waals surface area contributed by atoms with E-state index in [0.29, 0.717) is 6.54 Å². The van der Waals surface area contributed by atoms with E-state index >= 15 is 0 Å². The summed E-state index contributed by atoms with van der Waals surface area (Å²) >= 11 is 0. The van der Waals surface area contributed by atoms with E-state index in [1.54, 1.807) is 12.2 Å². The van der Waals surface area contributed by atoms with Crippen LogP contribution >= 0.6 is 0 Å². The summed E-state index contributed by atoms with van der Waals surface area (Å²) in [5, 5.41) is 2.93. The number of nitrogens with one attached hydrogen (secondary N) is 1. The van der Waals surface area contributed by atoms with Gasteiger partial charge in [0.05, 0.1) is 0 Å². The number of fused-ring (bicyclic) bond motifs is 1. The Labute approximate surface area is 130 Å². The monoisotopic (exact) mass is 302 g/mol. The Morgan fingerprint density at radius 1 is 1.18 bits per heavy atom. The first kappa shape index (κ1) is 14.9. The van der Waals surface area contributed by atoms with Gasteiger partial charge in [-0.05, 0) is 49.7 Å². The zero-order valence-corrected chi connectivity index (χ0v) is 12.7. The molecular formula is C17H22N2O3. The molecule has 1 amide bonds. The fourth-order valence-corrected chi connectivity index (χ4v) is 2.77. The number of amides is 1. The predicted molar refractivity (Wildman–Crippen MR) is 84.9 cm³/mol. The van der Waals surface area contributed by atoms with Crippen molar-refractivity contribution in [2.24, 2.45) is 0 Å². The fourth-order valence-electron chi connectivity index (χ4n) is 2.77. The molecule has 22 heavy (non-hydrogen) atoms. The first-order chi connectivity index (χ1) is 10.8. The van der Waals surface area contributed by atoms with Crippen molar-refractivity contribution in [1.82, 2.24) is 10.2 Å². The number of rotatable bonds is 5. The smallest absolute Gasteiger partial charge is 0.244 e. The number of likely N-dealkylation sites (tertiary alicyclic amines) is 1. The van der Waals surface area contributed by atoms with Crippen LogP contribution in [0.1, 0.15) is 24.8 Å². The first-order valence-corrected chi connectivity index (χ1v) is 7.89. The summed E-state index contributed by atoms with van der Waals surface area (Å²) in [5.74, 6) is 1.42. The van der Waals surface area contributed by atoms with Crippen LogP contribution in [0.5, 0.6) is 11.5 Å². The van der Waals surface area contributed by atoms with Crippen LogP contribution in [0.3, 0.4) is 0 Å². The molecule has 118 valence electrons. The van der Waals surface area contributed by atoms with Gasteiger partial charge in [0.1, 0.15) is 0 Å². The van der Waals surface area contributed by atoms with E-state index in [1.807, 2.05) is 18.2 Å². The van der Waals surface area contributed by atoms with Gasteiger partial charge < -0.3 is 19.7 Å². The molecular weight excluding hydrogens is 280 g/mol. The third-order valence-electron chi connectivity index (χ3n) is 4.00. The standard InChI is InChI=1S/C17H22N2O3/c20-17(18-8-11-19-9-2-1-3-10-19)7-5-14-4-6-15-16(12-14)22-13-21-15/h4-7,12H,1-3,8-11,13H2,(H,18,20)/b7-5+. The van der Waals surface area contributed by atoms with Gasteiger partial charge in [0, 0.05) is 19.2 Å². The average molecular weight is 302 g/mol. The Hall–Kier alpha value is -2.01. The van der Waals surface area contributed by atoms with Crippen molar-refractivity contribution in [3.05, 3.63) is 29.8 Å². The SMILES string of the molecule is O=C(/C=C/c1ccc2c(c1)OCO2)NCCN1CCCCC1. The molecule has 0 atom stereocenters. The van der Waals surface area contributed by atoms with Crippen LogP contribution in [0.25, 0.3) is 6.08 Å². The topological polar surface area (TPSA) is 50.8 Å². The zero-order chi connectivity index (χ0) is 15.2. The normalized spacial score (nSPS) is 17.8. The van der Waals surface area contributed by atoms with E-state index in [4.69, 9.17) is 9.47 Å². The second-order valence-corrected chi connectivity index (χ2v) is 5.64. The van der Waals surface area contributed by atoms with Crippen LogP contribution in [0.15, 0.2) is 24.3 Å². The predicted octanol–water partition coefficient (Wildman–Crippen LogP) is 2.03. The number of carbonyl (C=O) groups excluding carboxylic acids is 1. The summed E-state index contributed by atoms with van der Waals surface area (Å²) in [6, 6.07) is 5.64. The fraction of sp³-hybridized carbons (Fsp3) is 0.471. The highest BCUT2D eigenvalue weighted by atomic mass is 16.7. The number of piperidine rings is 1. The van der Waals surface area contributed by atoms with Crippen molar-refractivity contribution in [1.29, 1.82) is 0 Å². The van der Waals surface area contributed by atoms with E-state index in [9.17, 15) is 4.79 Å². The van der Waals surface area contributed by atoms with Crippen LogP contribution in [0, 0.1) is 0 Å². The Balaban J connectivity index is 1.43. The molecule has 0 radical (unpaired) electrons. The first-order valence-electron chi connectivity index (χ1n) is 7.89. The maximum Gasteiger partial charge on any atom is 0.244 e. The number of ether oxygens (including phenoxy) is 2. The van der Waals surface area contributed by atoms with Crippen molar-refractivity contribution in [2.75, 3.05) is 33.0 Å². The van der Waals surface area contributed by atoms with E-state index in [1.165, 1.54) is 19.3 Å². The molecule has 5 heteroatoms. The summed E-state index contributed by atoms with van der Waals surface area (Å²) in [7, 11) is 0. The van der Waals surface area contributed by atoms with E-state index in [2.05, 4.69) is 10.2 Å². The molecule has 0 spiro atoms. The van der Waals surface area contributed by atoms with E-state index in [0.717, 1.165) is 36.7 Å². The van der Waals surface area contributed by atoms with Gasteiger partial charge in [-0.3, -0.25) is 4.79 Å². The Morgan fingerprint density at radius 2 is 2.00 bits per heavy atom. The highest BCUT2D eigenvalue weighted by molar-refractivity contribution is 5.91. The number of hydrogen-bond acceptors (Lipinski definition) is 4. The summed E-state index contributed by atoms with van der Waals surface area (Å²) in [4.78, 5) is 14.2. The quantitative estimate of drug-likeness (QED) is 0.846. The molecule has 0 unspecified atom stereocenters. The van der Waals surface area contributed by atoms with Gasteiger partial charge in [-0.15, -0.1) is 0 Å². The van der Waals surface area contributed by atoms with Crippen molar-refractivity contribution >= 4 is 12.0 Å². The number of carbonyl (C=O) groups is 1. The van der Waals surface area contributed by atoms with Crippen molar-refractivity contribution in [2.45, 2.75) is 19.3 Å². The summed E-state index contributed by atoms with van der Waals surface area (Å²) in [5.41, 5.74) is 0.926. The van der Waals surface area contributed by atoms with Crippen molar-refractivity contribution < 1.29 is 14.3 Å². The molecule has 0 saturated carbocycles. The summed E-state index contributed by atoms with van der Waals surface area (Å²) in [6.45, 7) is 4.21. The third-order valence-corrected chi connectivity index (χ3v) is 4.00. The minimum atomic E-state index is -0.0605. The minimum absolute atomic E-state index is 0.0605. The van der Waals surface area contributed by atoms with Crippen molar-refractivity contribution in [3.63, 3.8) is 0 Å².